The molecule has 0 heterocycles. The SMILES string of the molecule is CCc1ccc(C2=CCc3c(ccc(-c4ccc(F)cc4)c3F)C2)c(F)c1. The topological polar surface area (TPSA) is 0 Å². The molecule has 0 unspecified atom stereocenters. The summed E-state index contributed by atoms with van der Waals surface area (Å²) in [7, 11) is 0. The molecule has 0 fully saturated rings. The standard InChI is InChI=1S/C24H19F3/c1-2-15-3-10-20(23(26)13-15)17-6-12-22-18(14-17)7-11-21(24(22)27)16-4-8-19(25)9-5-16/h3-11,13H,2,12,14H2,1H3. The van der Waals surface area contributed by atoms with Crippen LogP contribution in [0.4, 0.5) is 13.2 Å². The first-order valence-corrected chi connectivity index (χ1v) is 9.11. The van der Waals surface area contributed by atoms with Gasteiger partial charge in [-0.2, -0.15) is 0 Å². The molecule has 0 N–H and O–H groups in total. The van der Waals surface area contributed by atoms with Crippen molar-refractivity contribution in [1.82, 2.24) is 0 Å². The lowest BCUT2D eigenvalue weighted by molar-refractivity contribution is 0.612. The molecule has 27 heavy (non-hydrogen) atoms. The van der Waals surface area contributed by atoms with Gasteiger partial charge >= 0.3 is 0 Å². The lowest BCUT2D eigenvalue weighted by Crippen LogP contribution is -2.07. The highest BCUT2D eigenvalue weighted by molar-refractivity contribution is 5.73. The molecule has 1 aliphatic rings. The Morgan fingerprint density at radius 2 is 1.59 bits per heavy atom. The summed E-state index contributed by atoms with van der Waals surface area (Å²) >= 11 is 0. The van der Waals surface area contributed by atoms with Gasteiger partial charge in [0, 0.05) is 11.1 Å². The largest absolute Gasteiger partial charge is 0.207 e. The van der Waals surface area contributed by atoms with Gasteiger partial charge in [-0.15, -0.1) is 0 Å². The van der Waals surface area contributed by atoms with E-state index in [1.54, 1.807) is 24.3 Å². The van der Waals surface area contributed by atoms with Crippen LogP contribution in [0.25, 0.3) is 16.7 Å². The van der Waals surface area contributed by atoms with Gasteiger partial charge in [0.05, 0.1) is 0 Å². The summed E-state index contributed by atoms with van der Waals surface area (Å²) < 4.78 is 42.6. The van der Waals surface area contributed by atoms with Crippen molar-refractivity contribution in [2.45, 2.75) is 26.2 Å². The van der Waals surface area contributed by atoms with E-state index in [0.29, 0.717) is 35.1 Å². The molecular formula is C24H19F3. The number of hydrogen-bond donors (Lipinski definition) is 0. The highest BCUT2D eigenvalue weighted by Gasteiger charge is 2.20. The van der Waals surface area contributed by atoms with Gasteiger partial charge in [0.2, 0.25) is 0 Å². The second-order valence-corrected chi connectivity index (χ2v) is 6.85. The van der Waals surface area contributed by atoms with Crippen LogP contribution in [-0.4, -0.2) is 0 Å². The number of rotatable bonds is 3. The van der Waals surface area contributed by atoms with E-state index >= 15 is 4.39 Å². The number of hydrogen-bond acceptors (Lipinski definition) is 0. The maximum Gasteiger partial charge on any atom is 0.134 e. The number of benzene rings is 3. The monoisotopic (exact) mass is 364 g/mol. The first-order chi connectivity index (χ1) is 13.1. The molecule has 1 aliphatic carbocycles. The van der Waals surface area contributed by atoms with E-state index < -0.39 is 0 Å². The summed E-state index contributed by atoms with van der Waals surface area (Å²) in [6.07, 6.45) is 3.61. The molecule has 0 spiro atoms. The van der Waals surface area contributed by atoms with Crippen molar-refractivity contribution in [3.05, 3.63) is 100 Å². The average Bonchev–Trinajstić information content (AvgIpc) is 2.69. The van der Waals surface area contributed by atoms with Crippen LogP contribution in [-0.2, 0) is 19.3 Å². The second kappa shape index (κ2) is 7.07. The third-order valence-electron chi connectivity index (χ3n) is 5.22. The van der Waals surface area contributed by atoms with Gasteiger partial charge in [0.1, 0.15) is 17.5 Å². The van der Waals surface area contributed by atoms with Crippen LogP contribution in [0.3, 0.4) is 0 Å². The van der Waals surface area contributed by atoms with E-state index in [-0.39, 0.29) is 17.5 Å². The van der Waals surface area contributed by atoms with E-state index in [2.05, 4.69) is 0 Å². The number of fused-ring (bicyclic) bond motifs is 1. The van der Waals surface area contributed by atoms with Crippen molar-refractivity contribution in [2.24, 2.45) is 0 Å². The highest BCUT2D eigenvalue weighted by Crippen LogP contribution is 2.34. The fourth-order valence-electron chi connectivity index (χ4n) is 3.65. The Hall–Kier alpha value is -2.81. The predicted octanol–water partition coefficient (Wildman–Crippen LogP) is 6.52. The van der Waals surface area contributed by atoms with Crippen LogP contribution in [0.15, 0.2) is 60.7 Å². The van der Waals surface area contributed by atoms with Gasteiger partial charge in [-0.25, -0.2) is 13.2 Å². The fraction of sp³-hybridized carbons (Fsp3) is 0.167. The first-order valence-electron chi connectivity index (χ1n) is 9.11. The maximum atomic E-state index is 15.1. The van der Waals surface area contributed by atoms with Gasteiger partial charge in [0.15, 0.2) is 0 Å². The Kier molecular flexibility index (Phi) is 4.61. The smallest absolute Gasteiger partial charge is 0.134 e. The Balaban J connectivity index is 1.68. The van der Waals surface area contributed by atoms with E-state index in [0.717, 1.165) is 23.1 Å². The Morgan fingerprint density at radius 1 is 0.852 bits per heavy atom. The molecule has 3 aromatic carbocycles. The highest BCUT2D eigenvalue weighted by atomic mass is 19.1. The van der Waals surface area contributed by atoms with Gasteiger partial charge in [-0.1, -0.05) is 49.4 Å². The van der Waals surface area contributed by atoms with Crippen molar-refractivity contribution >= 4 is 5.57 Å². The summed E-state index contributed by atoms with van der Waals surface area (Å²) in [5, 5.41) is 0. The molecule has 0 bridgehead atoms. The van der Waals surface area contributed by atoms with E-state index in [4.69, 9.17) is 0 Å². The molecule has 0 saturated heterocycles. The molecule has 3 heteroatoms. The third-order valence-corrected chi connectivity index (χ3v) is 5.22. The molecule has 0 saturated carbocycles. The molecule has 0 nitrogen and oxygen atoms in total. The van der Waals surface area contributed by atoms with Crippen molar-refractivity contribution in [2.75, 3.05) is 0 Å². The zero-order valence-electron chi connectivity index (χ0n) is 15.0. The van der Waals surface area contributed by atoms with Crippen LogP contribution in [0.2, 0.25) is 0 Å². The fourth-order valence-corrected chi connectivity index (χ4v) is 3.65. The lowest BCUT2D eigenvalue weighted by atomic mass is 9.85. The van der Waals surface area contributed by atoms with Crippen LogP contribution < -0.4 is 0 Å². The Morgan fingerprint density at radius 3 is 2.30 bits per heavy atom. The molecule has 136 valence electrons. The van der Waals surface area contributed by atoms with Gasteiger partial charge in [0.25, 0.3) is 0 Å². The van der Waals surface area contributed by atoms with Gasteiger partial charge in [-0.3, -0.25) is 0 Å². The zero-order chi connectivity index (χ0) is 19.0. The van der Waals surface area contributed by atoms with Crippen LogP contribution in [0, 0.1) is 17.5 Å². The number of halogens is 3. The van der Waals surface area contributed by atoms with Crippen molar-refractivity contribution < 1.29 is 13.2 Å². The zero-order valence-corrected chi connectivity index (χ0v) is 15.0. The quantitative estimate of drug-likeness (QED) is 0.497. The van der Waals surface area contributed by atoms with Crippen molar-refractivity contribution in [1.29, 1.82) is 0 Å². The molecule has 0 aliphatic heterocycles. The number of aryl methyl sites for hydroxylation is 1. The molecule has 0 atom stereocenters. The molecular weight excluding hydrogens is 345 g/mol. The normalized spacial score (nSPS) is 13.3. The molecule has 0 amide bonds. The molecule has 4 rings (SSSR count). The summed E-state index contributed by atoms with van der Waals surface area (Å²) in [4.78, 5) is 0. The lowest BCUT2D eigenvalue weighted by Gasteiger charge is -2.20. The molecule has 0 radical (unpaired) electrons. The van der Waals surface area contributed by atoms with E-state index in [1.165, 1.54) is 12.1 Å². The minimum absolute atomic E-state index is 0.229. The van der Waals surface area contributed by atoms with Crippen LogP contribution in [0.5, 0.6) is 0 Å². The van der Waals surface area contributed by atoms with E-state index in [1.807, 2.05) is 31.2 Å². The van der Waals surface area contributed by atoms with Crippen molar-refractivity contribution in [3.8, 4) is 11.1 Å². The second-order valence-electron chi connectivity index (χ2n) is 6.85. The summed E-state index contributed by atoms with van der Waals surface area (Å²) in [6, 6.07) is 14.8. The predicted molar refractivity (Wildman–Crippen MR) is 103 cm³/mol. The average molecular weight is 364 g/mol. The molecule has 3 aromatic rings. The minimum Gasteiger partial charge on any atom is -0.207 e. The maximum absolute atomic E-state index is 15.1. The van der Waals surface area contributed by atoms with E-state index in [9.17, 15) is 8.78 Å². The van der Waals surface area contributed by atoms with Crippen LogP contribution in [0.1, 0.15) is 29.2 Å². The summed E-state index contributed by atoms with van der Waals surface area (Å²) in [6.45, 7) is 1.99. The third kappa shape index (κ3) is 3.30. The van der Waals surface area contributed by atoms with Crippen LogP contribution >= 0.6 is 0 Å². The first kappa shape index (κ1) is 17.6. The van der Waals surface area contributed by atoms with Gasteiger partial charge in [-0.05, 0) is 65.3 Å². The Bertz CT molecular complexity index is 1030. The van der Waals surface area contributed by atoms with Gasteiger partial charge < -0.3 is 0 Å². The summed E-state index contributed by atoms with van der Waals surface area (Å²) in [5.74, 6) is -0.857. The summed E-state index contributed by atoms with van der Waals surface area (Å²) in [5.41, 5.74) is 5.04. The Labute approximate surface area is 157 Å². The number of allylic oxidation sites excluding steroid dienone is 2. The molecule has 0 aromatic heterocycles. The minimum atomic E-state index is -0.346. The van der Waals surface area contributed by atoms with Crippen molar-refractivity contribution in [3.63, 3.8) is 0 Å².